The number of methoxy groups -OCH3 is 1. The van der Waals surface area contributed by atoms with Crippen molar-refractivity contribution in [1.29, 1.82) is 0 Å². The molecular formula is C24H31N3O5S. The predicted molar refractivity (Wildman–Crippen MR) is 127 cm³/mol. The van der Waals surface area contributed by atoms with Crippen LogP contribution in [0.1, 0.15) is 48.9 Å². The van der Waals surface area contributed by atoms with Gasteiger partial charge in [0.25, 0.3) is 5.91 Å². The number of benzene rings is 2. The van der Waals surface area contributed by atoms with E-state index >= 15 is 0 Å². The number of rotatable bonds is 10. The lowest BCUT2D eigenvalue weighted by Gasteiger charge is -2.17. The van der Waals surface area contributed by atoms with Gasteiger partial charge in [-0.3, -0.25) is 9.59 Å². The SMILES string of the molecule is COc1ccc(S(=O)(=O)N(C)CCCC(=O)Nc2ccccc2C(=O)NC2CCCC2)cc1. The van der Waals surface area contributed by atoms with E-state index in [2.05, 4.69) is 10.6 Å². The standard InChI is InChI=1S/C24H31N3O5S/c1-27(33(30,31)20-15-13-19(32-2)14-16-20)17-7-12-23(28)26-22-11-6-5-10-21(22)24(29)25-18-8-3-4-9-18/h5-6,10-11,13-16,18H,3-4,7-9,12,17H2,1-2H3,(H,25,29)(H,26,28). The van der Waals surface area contributed by atoms with E-state index in [0.29, 0.717) is 23.4 Å². The summed E-state index contributed by atoms with van der Waals surface area (Å²) in [5, 5.41) is 5.83. The van der Waals surface area contributed by atoms with Crippen LogP contribution < -0.4 is 15.4 Å². The minimum atomic E-state index is -3.66. The number of nitrogens with zero attached hydrogens (tertiary/aromatic N) is 1. The van der Waals surface area contributed by atoms with Crippen LogP contribution in [0.3, 0.4) is 0 Å². The summed E-state index contributed by atoms with van der Waals surface area (Å²) in [7, 11) is -0.656. The van der Waals surface area contributed by atoms with Crippen molar-refractivity contribution < 1.29 is 22.7 Å². The molecule has 2 aromatic rings. The number of para-hydroxylation sites is 1. The molecule has 0 aliphatic heterocycles. The number of carbonyl (C=O) groups is 2. The third-order valence-corrected chi connectivity index (χ3v) is 7.65. The maximum atomic E-state index is 12.7. The van der Waals surface area contributed by atoms with Gasteiger partial charge in [0.15, 0.2) is 0 Å². The van der Waals surface area contributed by atoms with Gasteiger partial charge in [0.2, 0.25) is 15.9 Å². The van der Waals surface area contributed by atoms with Gasteiger partial charge in [-0.2, -0.15) is 0 Å². The average Bonchev–Trinajstić information content (AvgIpc) is 3.32. The molecule has 9 heteroatoms. The number of hydrogen-bond donors (Lipinski definition) is 2. The molecule has 0 bridgehead atoms. The van der Waals surface area contributed by atoms with E-state index in [1.165, 1.54) is 30.6 Å². The number of carbonyl (C=O) groups excluding carboxylic acids is 2. The van der Waals surface area contributed by atoms with Crippen LogP contribution in [0.2, 0.25) is 0 Å². The average molecular weight is 474 g/mol. The molecule has 0 heterocycles. The zero-order chi connectivity index (χ0) is 23.8. The Bertz CT molecular complexity index is 1060. The van der Waals surface area contributed by atoms with Crippen LogP contribution in [0, 0.1) is 0 Å². The molecule has 1 aliphatic carbocycles. The lowest BCUT2D eigenvalue weighted by Crippen LogP contribution is -2.33. The highest BCUT2D eigenvalue weighted by atomic mass is 32.2. The van der Waals surface area contributed by atoms with Crippen molar-refractivity contribution in [3.05, 3.63) is 54.1 Å². The van der Waals surface area contributed by atoms with E-state index in [9.17, 15) is 18.0 Å². The van der Waals surface area contributed by atoms with Gasteiger partial charge in [0.1, 0.15) is 5.75 Å². The van der Waals surface area contributed by atoms with Crippen molar-refractivity contribution in [2.75, 3.05) is 26.0 Å². The van der Waals surface area contributed by atoms with Crippen LogP contribution in [-0.4, -0.2) is 51.3 Å². The van der Waals surface area contributed by atoms with Gasteiger partial charge in [-0.15, -0.1) is 0 Å². The van der Waals surface area contributed by atoms with Crippen molar-refractivity contribution in [2.24, 2.45) is 0 Å². The molecule has 0 radical (unpaired) electrons. The summed E-state index contributed by atoms with van der Waals surface area (Å²) in [6.07, 6.45) is 4.66. The number of amides is 2. The first kappa shape index (κ1) is 24.7. The molecule has 1 saturated carbocycles. The first-order chi connectivity index (χ1) is 15.8. The summed E-state index contributed by atoms with van der Waals surface area (Å²) < 4.78 is 31.7. The molecule has 1 fully saturated rings. The fraction of sp³-hybridized carbons (Fsp3) is 0.417. The monoisotopic (exact) mass is 473 g/mol. The molecule has 2 aromatic carbocycles. The minimum absolute atomic E-state index is 0.126. The molecule has 0 aromatic heterocycles. The maximum absolute atomic E-state index is 12.7. The quantitative estimate of drug-likeness (QED) is 0.550. The van der Waals surface area contributed by atoms with Crippen molar-refractivity contribution >= 4 is 27.5 Å². The third kappa shape index (κ3) is 6.55. The fourth-order valence-corrected chi connectivity index (χ4v) is 5.06. The smallest absolute Gasteiger partial charge is 0.253 e. The molecule has 0 unspecified atom stereocenters. The molecule has 178 valence electrons. The Hall–Kier alpha value is -2.91. The molecule has 1 aliphatic rings. The molecule has 2 amide bonds. The molecule has 8 nitrogen and oxygen atoms in total. The zero-order valence-electron chi connectivity index (χ0n) is 19.0. The topological polar surface area (TPSA) is 105 Å². The Morgan fingerprint density at radius 3 is 2.39 bits per heavy atom. The summed E-state index contributed by atoms with van der Waals surface area (Å²) in [5.41, 5.74) is 0.883. The summed E-state index contributed by atoms with van der Waals surface area (Å²) in [6, 6.07) is 13.3. The lowest BCUT2D eigenvalue weighted by atomic mass is 10.1. The fourth-order valence-electron chi connectivity index (χ4n) is 3.85. The summed E-state index contributed by atoms with van der Waals surface area (Å²) in [4.78, 5) is 25.3. The van der Waals surface area contributed by atoms with Gasteiger partial charge in [-0.25, -0.2) is 12.7 Å². The van der Waals surface area contributed by atoms with Crippen LogP contribution in [0.15, 0.2) is 53.4 Å². The molecule has 0 atom stereocenters. The zero-order valence-corrected chi connectivity index (χ0v) is 19.9. The summed E-state index contributed by atoms with van der Waals surface area (Å²) in [6.45, 7) is 0.186. The third-order valence-electron chi connectivity index (χ3n) is 5.78. The van der Waals surface area contributed by atoms with E-state index < -0.39 is 10.0 Å². The van der Waals surface area contributed by atoms with Crippen LogP contribution >= 0.6 is 0 Å². The van der Waals surface area contributed by atoms with Gasteiger partial charge < -0.3 is 15.4 Å². The Kier molecular flexibility index (Phi) is 8.46. The molecule has 33 heavy (non-hydrogen) atoms. The van der Waals surface area contributed by atoms with Gasteiger partial charge in [0, 0.05) is 26.1 Å². The number of sulfonamides is 1. The van der Waals surface area contributed by atoms with E-state index in [1.807, 2.05) is 0 Å². The number of hydrogen-bond acceptors (Lipinski definition) is 5. The normalized spacial score (nSPS) is 14.3. The molecular weight excluding hydrogens is 442 g/mol. The Labute approximate surface area is 195 Å². The summed E-state index contributed by atoms with van der Waals surface area (Å²) in [5.74, 6) is 0.111. The van der Waals surface area contributed by atoms with Crippen LogP contribution in [-0.2, 0) is 14.8 Å². The second-order valence-electron chi connectivity index (χ2n) is 8.15. The highest BCUT2D eigenvalue weighted by Crippen LogP contribution is 2.21. The van der Waals surface area contributed by atoms with Gasteiger partial charge in [-0.1, -0.05) is 25.0 Å². The Balaban J connectivity index is 1.52. The van der Waals surface area contributed by atoms with E-state index in [4.69, 9.17) is 4.74 Å². The molecule has 2 N–H and O–H groups in total. The second-order valence-corrected chi connectivity index (χ2v) is 10.2. The van der Waals surface area contributed by atoms with Crippen molar-refractivity contribution in [2.45, 2.75) is 49.5 Å². The second kappa shape index (κ2) is 11.3. The first-order valence-corrected chi connectivity index (χ1v) is 12.6. The number of ether oxygens (including phenoxy) is 1. The van der Waals surface area contributed by atoms with E-state index in [1.54, 1.807) is 36.4 Å². The van der Waals surface area contributed by atoms with E-state index in [-0.39, 0.29) is 35.7 Å². The largest absolute Gasteiger partial charge is 0.497 e. The first-order valence-electron chi connectivity index (χ1n) is 11.1. The van der Waals surface area contributed by atoms with Crippen molar-refractivity contribution in [1.82, 2.24) is 9.62 Å². The number of anilines is 1. The minimum Gasteiger partial charge on any atom is -0.497 e. The number of nitrogens with one attached hydrogen (secondary N) is 2. The molecule has 0 saturated heterocycles. The predicted octanol–water partition coefficient (Wildman–Crippen LogP) is 3.41. The van der Waals surface area contributed by atoms with Crippen molar-refractivity contribution in [3.8, 4) is 5.75 Å². The van der Waals surface area contributed by atoms with Gasteiger partial charge >= 0.3 is 0 Å². The van der Waals surface area contributed by atoms with Crippen LogP contribution in [0.5, 0.6) is 5.75 Å². The van der Waals surface area contributed by atoms with Gasteiger partial charge in [-0.05, 0) is 55.7 Å². The van der Waals surface area contributed by atoms with Crippen molar-refractivity contribution in [3.63, 3.8) is 0 Å². The Morgan fingerprint density at radius 1 is 1.06 bits per heavy atom. The lowest BCUT2D eigenvalue weighted by molar-refractivity contribution is -0.116. The Morgan fingerprint density at radius 2 is 1.73 bits per heavy atom. The summed E-state index contributed by atoms with van der Waals surface area (Å²) >= 11 is 0. The molecule has 0 spiro atoms. The van der Waals surface area contributed by atoms with E-state index in [0.717, 1.165) is 25.7 Å². The van der Waals surface area contributed by atoms with Crippen LogP contribution in [0.4, 0.5) is 5.69 Å². The highest BCUT2D eigenvalue weighted by molar-refractivity contribution is 7.89. The van der Waals surface area contributed by atoms with Crippen LogP contribution in [0.25, 0.3) is 0 Å². The highest BCUT2D eigenvalue weighted by Gasteiger charge is 2.22. The van der Waals surface area contributed by atoms with Gasteiger partial charge in [0.05, 0.1) is 23.3 Å². The maximum Gasteiger partial charge on any atom is 0.253 e. The molecule has 3 rings (SSSR count).